The second kappa shape index (κ2) is 6.05. The quantitative estimate of drug-likeness (QED) is 0.819. The molecular formula is C12H24N2O4S. The normalized spacial score (nSPS) is 35.4. The maximum atomic E-state index is 12.3. The van der Waals surface area contributed by atoms with Crippen molar-refractivity contribution < 1.29 is 17.9 Å². The summed E-state index contributed by atoms with van der Waals surface area (Å²) in [5, 5.41) is 0. The van der Waals surface area contributed by atoms with E-state index in [1.165, 1.54) is 4.31 Å². The highest BCUT2D eigenvalue weighted by Crippen LogP contribution is 2.18. The van der Waals surface area contributed by atoms with Crippen molar-refractivity contribution >= 4 is 10.2 Å². The number of hydrogen-bond acceptors (Lipinski definition) is 4. The molecule has 2 saturated heterocycles. The lowest BCUT2D eigenvalue weighted by atomic mass is 10.1. The third kappa shape index (κ3) is 3.88. The van der Waals surface area contributed by atoms with Gasteiger partial charge in [0.15, 0.2) is 0 Å². The van der Waals surface area contributed by atoms with Crippen molar-refractivity contribution in [3.63, 3.8) is 0 Å². The molecule has 0 spiro atoms. The lowest BCUT2D eigenvalue weighted by molar-refractivity contribution is -0.0446. The van der Waals surface area contributed by atoms with Crippen LogP contribution >= 0.6 is 0 Å². The van der Waals surface area contributed by atoms with Gasteiger partial charge < -0.3 is 9.47 Å². The van der Waals surface area contributed by atoms with Gasteiger partial charge in [0.05, 0.1) is 18.3 Å². The predicted octanol–water partition coefficient (Wildman–Crippen LogP) is 0.498. The minimum absolute atomic E-state index is 0.00865. The van der Waals surface area contributed by atoms with Gasteiger partial charge in [-0.1, -0.05) is 0 Å². The zero-order valence-corrected chi connectivity index (χ0v) is 12.6. The molecule has 2 fully saturated rings. The van der Waals surface area contributed by atoms with Crippen LogP contribution in [0.3, 0.4) is 0 Å². The van der Waals surface area contributed by atoms with Crippen molar-refractivity contribution in [2.24, 2.45) is 0 Å². The average Bonchev–Trinajstić information content (AvgIpc) is 2.80. The molecule has 6 nitrogen and oxygen atoms in total. The zero-order valence-electron chi connectivity index (χ0n) is 11.8. The van der Waals surface area contributed by atoms with Crippen LogP contribution in [0.15, 0.2) is 0 Å². The standard InChI is InChI=1S/C12H24N2O4S/c1-9-7-14(8-10(2)18-9)19(15,16)13-11(3)12-5-4-6-17-12/h9-13H,4-8H2,1-3H3/t9-,10+,11-,12-/m1/s1. The maximum absolute atomic E-state index is 12.3. The van der Waals surface area contributed by atoms with Crippen LogP contribution in [0, 0.1) is 0 Å². The third-order valence-electron chi connectivity index (χ3n) is 3.58. The SMILES string of the molecule is C[C@@H]1CN(S(=O)(=O)N[C@H](C)[C@H]2CCCO2)C[C@H](C)O1. The molecule has 2 aliphatic heterocycles. The Labute approximate surface area is 115 Å². The van der Waals surface area contributed by atoms with Gasteiger partial charge in [0, 0.05) is 25.7 Å². The number of rotatable bonds is 4. The van der Waals surface area contributed by atoms with Gasteiger partial charge in [-0.2, -0.15) is 17.4 Å². The van der Waals surface area contributed by atoms with E-state index in [1.54, 1.807) is 0 Å². The van der Waals surface area contributed by atoms with E-state index in [2.05, 4.69) is 4.72 Å². The van der Waals surface area contributed by atoms with Crippen LogP contribution in [0.25, 0.3) is 0 Å². The maximum Gasteiger partial charge on any atom is 0.279 e. The molecule has 0 radical (unpaired) electrons. The largest absolute Gasteiger partial charge is 0.377 e. The lowest BCUT2D eigenvalue weighted by Gasteiger charge is -2.35. The van der Waals surface area contributed by atoms with Gasteiger partial charge in [-0.05, 0) is 33.6 Å². The minimum atomic E-state index is -3.46. The van der Waals surface area contributed by atoms with Gasteiger partial charge in [-0.3, -0.25) is 0 Å². The lowest BCUT2D eigenvalue weighted by Crippen LogP contribution is -2.54. The number of ether oxygens (including phenoxy) is 2. The van der Waals surface area contributed by atoms with Gasteiger partial charge in [0.2, 0.25) is 0 Å². The molecule has 112 valence electrons. The molecule has 0 aromatic heterocycles. The Kier molecular flexibility index (Phi) is 4.84. The Hall–Kier alpha value is -0.210. The Balaban J connectivity index is 1.97. The first-order chi connectivity index (χ1) is 8.88. The summed E-state index contributed by atoms with van der Waals surface area (Å²) in [6, 6.07) is -0.194. The molecule has 4 atom stereocenters. The van der Waals surface area contributed by atoms with Crippen molar-refractivity contribution in [1.82, 2.24) is 9.03 Å². The summed E-state index contributed by atoms with van der Waals surface area (Å²) in [5.74, 6) is 0. The van der Waals surface area contributed by atoms with Crippen molar-refractivity contribution in [2.75, 3.05) is 19.7 Å². The van der Waals surface area contributed by atoms with Crippen molar-refractivity contribution in [3.05, 3.63) is 0 Å². The molecule has 0 bridgehead atoms. The van der Waals surface area contributed by atoms with Gasteiger partial charge in [0.25, 0.3) is 10.2 Å². The Bertz CT molecular complexity index is 385. The molecule has 2 rings (SSSR count). The van der Waals surface area contributed by atoms with Crippen molar-refractivity contribution in [3.8, 4) is 0 Å². The number of morpholine rings is 1. The van der Waals surface area contributed by atoms with Gasteiger partial charge in [-0.15, -0.1) is 0 Å². The second-order valence-corrected chi connectivity index (χ2v) is 7.24. The first-order valence-corrected chi connectivity index (χ1v) is 8.37. The van der Waals surface area contributed by atoms with E-state index >= 15 is 0 Å². The van der Waals surface area contributed by atoms with E-state index in [-0.39, 0.29) is 24.4 Å². The predicted molar refractivity (Wildman–Crippen MR) is 72.1 cm³/mol. The van der Waals surface area contributed by atoms with E-state index in [0.717, 1.165) is 19.4 Å². The fourth-order valence-electron chi connectivity index (χ4n) is 2.71. The summed E-state index contributed by atoms with van der Waals surface area (Å²) >= 11 is 0. The molecular weight excluding hydrogens is 268 g/mol. The summed E-state index contributed by atoms with van der Waals surface area (Å²) in [6.07, 6.45) is 1.77. The molecule has 0 aliphatic carbocycles. The molecule has 19 heavy (non-hydrogen) atoms. The van der Waals surface area contributed by atoms with Crippen molar-refractivity contribution in [1.29, 1.82) is 0 Å². The van der Waals surface area contributed by atoms with Gasteiger partial charge >= 0.3 is 0 Å². The molecule has 7 heteroatoms. The third-order valence-corrected chi connectivity index (χ3v) is 5.23. The van der Waals surface area contributed by atoms with Crippen LogP contribution in [0.4, 0.5) is 0 Å². The van der Waals surface area contributed by atoms with E-state index in [9.17, 15) is 8.42 Å². The van der Waals surface area contributed by atoms with Crippen LogP contribution in [-0.2, 0) is 19.7 Å². The highest BCUT2D eigenvalue weighted by Gasteiger charge is 2.34. The smallest absolute Gasteiger partial charge is 0.279 e. The van der Waals surface area contributed by atoms with Crippen LogP contribution in [0.1, 0.15) is 33.6 Å². The topological polar surface area (TPSA) is 67.9 Å². The van der Waals surface area contributed by atoms with Crippen LogP contribution < -0.4 is 4.72 Å². The summed E-state index contributed by atoms with van der Waals surface area (Å²) in [6.45, 7) is 7.17. The fraction of sp³-hybridized carbons (Fsp3) is 1.00. The fourth-order valence-corrected chi connectivity index (χ4v) is 4.29. The average molecular weight is 292 g/mol. The first kappa shape index (κ1) is 15.2. The Morgan fingerprint density at radius 2 is 1.89 bits per heavy atom. The van der Waals surface area contributed by atoms with E-state index < -0.39 is 10.2 Å². The Morgan fingerprint density at radius 1 is 1.26 bits per heavy atom. The summed E-state index contributed by atoms with van der Waals surface area (Å²) < 4.78 is 40.0. The number of hydrogen-bond donors (Lipinski definition) is 1. The highest BCUT2D eigenvalue weighted by molar-refractivity contribution is 7.87. The monoisotopic (exact) mass is 292 g/mol. The second-order valence-electron chi connectivity index (χ2n) is 5.54. The highest BCUT2D eigenvalue weighted by atomic mass is 32.2. The van der Waals surface area contributed by atoms with Crippen LogP contribution in [-0.4, -0.2) is 56.8 Å². The van der Waals surface area contributed by atoms with E-state index in [1.807, 2.05) is 20.8 Å². The summed E-state index contributed by atoms with van der Waals surface area (Å²) in [4.78, 5) is 0. The van der Waals surface area contributed by atoms with Crippen LogP contribution in [0.2, 0.25) is 0 Å². The molecule has 1 N–H and O–H groups in total. The molecule has 2 heterocycles. The molecule has 0 unspecified atom stereocenters. The van der Waals surface area contributed by atoms with Crippen molar-refractivity contribution in [2.45, 2.75) is 58.0 Å². The summed E-state index contributed by atoms with van der Waals surface area (Å²) in [5.41, 5.74) is 0. The first-order valence-electron chi connectivity index (χ1n) is 6.93. The molecule has 2 aliphatic rings. The van der Waals surface area contributed by atoms with Gasteiger partial charge in [-0.25, -0.2) is 0 Å². The van der Waals surface area contributed by atoms with E-state index in [0.29, 0.717) is 13.1 Å². The molecule has 0 aromatic carbocycles. The zero-order chi connectivity index (χ0) is 14.0. The molecule has 0 amide bonds. The number of nitrogens with one attached hydrogen (secondary N) is 1. The Morgan fingerprint density at radius 3 is 2.42 bits per heavy atom. The van der Waals surface area contributed by atoms with E-state index in [4.69, 9.17) is 9.47 Å². The molecule has 0 aromatic rings. The van der Waals surface area contributed by atoms with Gasteiger partial charge in [0.1, 0.15) is 0 Å². The molecule has 0 saturated carbocycles. The number of nitrogens with zero attached hydrogens (tertiary/aromatic N) is 1. The summed E-state index contributed by atoms with van der Waals surface area (Å²) in [7, 11) is -3.46. The van der Waals surface area contributed by atoms with Crippen LogP contribution in [0.5, 0.6) is 0 Å². The minimum Gasteiger partial charge on any atom is -0.377 e.